The molecule has 0 aliphatic heterocycles. The number of methoxy groups -OCH3 is 1. The molecule has 0 radical (unpaired) electrons. The quantitative estimate of drug-likeness (QED) is 0.325. The van der Waals surface area contributed by atoms with Crippen molar-refractivity contribution in [3.05, 3.63) is 95.9 Å². The van der Waals surface area contributed by atoms with Crippen molar-refractivity contribution < 1.29 is 18.7 Å². The maximum Gasteiger partial charge on any atom is 0.174 e. The molecule has 1 aromatic heterocycles. The Bertz CT molecular complexity index is 1150. The lowest BCUT2D eigenvalue weighted by Crippen LogP contribution is -1.97. The van der Waals surface area contributed by atoms with Gasteiger partial charge in [-0.3, -0.25) is 4.99 Å². The standard InChI is InChI=1S/C25H22N2O4/c1-18-14-23(31-27-18)17-29-24-13-8-19(15-25(24)28-2)16-26-20-9-11-22(12-10-20)30-21-6-4-3-5-7-21/h3-16H,17H2,1-2H3. The second-order valence-electron chi connectivity index (χ2n) is 6.80. The van der Waals surface area contributed by atoms with Gasteiger partial charge in [-0.25, -0.2) is 0 Å². The number of hydrogen-bond acceptors (Lipinski definition) is 6. The summed E-state index contributed by atoms with van der Waals surface area (Å²) in [4.78, 5) is 4.53. The van der Waals surface area contributed by atoms with Gasteiger partial charge in [0.05, 0.1) is 18.5 Å². The second-order valence-corrected chi connectivity index (χ2v) is 6.80. The van der Waals surface area contributed by atoms with Crippen LogP contribution in [0.15, 0.2) is 88.4 Å². The molecule has 1 heterocycles. The third-order valence-corrected chi connectivity index (χ3v) is 4.41. The topological polar surface area (TPSA) is 66.1 Å². The Morgan fingerprint density at radius 3 is 2.39 bits per heavy atom. The van der Waals surface area contributed by atoms with E-state index < -0.39 is 0 Å². The highest BCUT2D eigenvalue weighted by Crippen LogP contribution is 2.29. The van der Waals surface area contributed by atoms with Crippen molar-refractivity contribution in [3.8, 4) is 23.0 Å². The third kappa shape index (κ3) is 5.51. The molecule has 0 aliphatic carbocycles. The van der Waals surface area contributed by atoms with Crippen molar-refractivity contribution in [2.75, 3.05) is 7.11 Å². The largest absolute Gasteiger partial charge is 0.493 e. The minimum absolute atomic E-state index is 0.280. The van der Waals surface area contributed by atoms with E-state index in [4.69, 9.17) is 18.7 Å². The normalized spacial score (nSPS) is 10.9. The number of para-hydroxylation sites is 1. The Hall–Kier alpha value is -4.06. The fraction of sp³-hybridized carbons (Fsp3) is 0.120. The summed E-state index contributed by atoms with van der Waals surface area (Å²) in [5.41, 5.74) is 2.53. The molecule has 6 nitrogen and oxygen atoms in total. The van der Waals surface area contributed by atoms with Gasteiger partial charge in [0, 0.05) is 12.3 Å². The van der Waals surface area contributed by atoms with E-state index in [1.54, 1.807) is 13.3 Å². The van der Waals surface area contributed by atoms with Crippen LogP contribution in [-0.2, 0) is 6.61 Å². The number of hydrogen-bond donors (Lipinski definition) is 0. The molecular weight excluding hydrogens is 392 g/mol. The van der Waals surface area contributed by atoms with Crippen LogP contribution in [0.5, 0.6) is 23.0 Å². The Balaban J connectivity index is 1.40. The number of aliphatic imine (C=N–C) groups is 1. The molecule has 3 aromatic carbocycles. The first-order valence-electron chi connectivity index (χ1n) is 9.80. The molecule has 0 spiro atoms. The molecule has 0 saturated heterocycles. The van der Waals surface area contributed by atoms with Crippen LogP contribution in [-0.4, -0.2) is 18.5 Å². The third-order valence-electron chi connectivity index (χ3n) is 4.41. The zero-order chi connectivity index (χ0) is 21.5. The Labute approximate surface area is 180 Å². The maximum atomic E-state index is 5.80. The minimum atomic E-state index is 0.280. The van der Waals surface area contributed by atoms with E-state index in [9.17, 15) is 0 Å². The molecule has 4 rings (SSSR count). The van der Waals surface area contributed by atoms with Gasteiger partial charge in [0.1, 0.15) is 18.1 Å². The zero-order valence-electron chi connectivity index (χ0n) is 17.3. The van der Waals surface area contributed by atoms with Gasteiger partial charge in [0.2, 0.25) is 0 Å². The van der Waals surface area contributed by atoms with Crippen molar-refractivity contribution in [1.29, 1.82) is 0 Å². The first-order chi connectivity index (χ1) is 15.2. The number of ether oxygens (including phenoxy) is 3. The molecule has 0 amide bonds. The molecule has 0 N–H and O–H groups in total. The van der Waals surface area contributed by atoms with Gasteiger partial charge in [-0.15, -0.1) is 0 Å². The minimum Gasteiger partial charge on any atom is -0.493 e. The molecule has 0 aliphatic rings. The predicted octanol–water partition coefficient (Wildman–Crippen LogP) is 6.11. The van der Waals surface area contributed by atoms with E-state index >= 15 is 0 Å². The molecule has 0 fully saturated rings. The van der Waals surface area contributed by atoms with Crippen LogP contribution in [0.1, 0.15) is 17.0 Å². The van der Waals surface area contributed by atoms with Gasteiger partial charge >= 0.3 is 0 Å². The van der Waals surface area contributed by atoms with Crippen LogP contribution < -0.4 is 14.2 Å². The molecule has 0 bridgehead atoms. The van der Waals surface area contributed by atoms with Crippen LogP contribution in [0.25, 0.3) is 0 Å². The van der Waals surface area contributed by atoms with Crippen molar-refractivity contribution in [2.24, 2.45) is 4.99 Å². The van der Waals surface area contributed by atoms with E-state index in [1.165, 1.54) is 0 Å². The molecule has 6 heteroatoms. The monoisotopic (exact) mass is 414 g/mol. The highest BCUT2D eigenvalue weighted by atomic mass is 16.5. The number of aryl methyl sites for hydroxylation is 1. The average Bonchev–Trinajstić information content (AvgIpc) is 3.23. The van der Waals surface area contributed by atoms with Crippen LogP contribution in [0, 0.1) is 6.92 Å². The summed E-state index contributed by atoms with van der Waals surface area (Å²) >= 11 is 0. The molecule has 156 valence electrons. The summed E-state index contributed by atoms with van der Waals surface area (Å²) in [5.74, 6) is 3.45. The fourth-order valence-electron chi connectivity index (χ4n) is 2.89. The SMILES string of the molecule is COc1cc(C=Nc2ccc(Oc3ccccc3)cc2)ccc1OCc1cc(C)no1. The number of benzene rings is 3. The molecule has 0 saturated carbocycles. The molecule has 0 unspecified atom stereocenters. The summed E-state index contributed by atoms with van der Waals surface area (Å²) in [6.07, 6.45) is 1.78. The maximum absolute atomic E-state index is 5.80. The van der Waals surface area contributed by atoms with Gasteiger partial charge < -0.3 is 18.7 Å². The predicted molar refractivity (Wildman–Crippen MR) is 119 cm³/mol. The summed E-state index contributed by atoms with van der Waals surface area (Å²) in [6.45, 7) is 2.15. The Kier molecular flexibility index (Phi) is 6.28. The van der Waals surface area contributed by atoms with E-state index in [-0.39, 0.29) is 6.61 Å². The highest BCUT2D eigenvalue weighted by molar-refractivity contribution is 5.83. The number of aromatic nitrogens is 1. The van der Waals surface area contributed by atoms with Crippen LogP contribution >= 0.6 is 0 Å². The molecule has 31 heavy (non-hydrogen) atoms. The Morgan fingerprint density at radius 1 is 0.903 bits per heavy atom. The summed E-state index contributed by atoms with van der Waals surface area (Å²) in [7, 11) is 1.60. The van der Waals surface area contributed by atoms with E-state index in [1.807, 2.05) is 85.8 Å². The number of nitrogens with zero attached hydrogens (tertiary/aromatic N) is 2. The van der Waals surface area contributed by atoms with E-state index in [0.717, 1.165) is 28.4 Å². The molecule has 4 aromatic rings. The van der Waals surface area contributed by atoms with Gasteiger partial charge in [-0.1, -0.05) is 23.4 Å². The van der Waals surface area contributed by atoms with Gasteiger partial charge in [0.25, 0.3) is 0 Å². The van der Waals surface area contributed by atoms with Crippen molar-refractivity contribution >= 4 is 11.9 Å². The van der Waals surface area contributed by atoms with E-state index in [2.05, 4.69) is 10.1 Å². The van der Waals surface area contributed by atoms with Gasteiger partial charge in [0.15, 0.2) is 17.3 Å². The summed E-state index contributed by atoms with van der Waals surface area (Å²) in [6, 6.07) is 24.7. The van der Waals surface area contributed by atoms with Crippen LogP contribution in [0.2, 0.25) is 0 Å². The van der Waals surface area contributed by atoms with Crippen LogP contribution in [0.3, 0.4) is 0 Å². The second kappa shape index (κ2) is 9.63. The first-order valence-corrected chi connectivity index (χ1v) is 9.80. The summed E-state index contributed by atoms with van der Waals surface area (Å²) in [5, 5.41) is 3.85. The first kappa shape index (κ1) is 20.2. The fourth-order valence-corrected chi connectivity index (χ4v) is 2.89. The average molecular weight is 414 g/mol. The zero-order valence-corrected chi connectivity index (χ0v) is 17.3. The molecule has 0 atom stereocenters. The lowest BCUT2D eigenvalue weighted by Gasteiger charge is -2.10. The van der Waals surface area contributed by atoms with E-state index in [0.29, 0.717) is 17.3 Å². The van der Waals surface area contributed by atoms with Crippen LogP contribution in [0.4, 0.5) is 5.69 Å². The highest BCUT2D eigenvalue weighted by Gasteiger charge is 2.08. The number of rotatable bonds is 8. The molecular formula is C25H22N2O4. The smallest absolute Gasteiger partial charge is 0.174 e. The van der Waals surface area contributed by atoms with Crippen molar-refractivity contribution in [2.45, 2.75) is 13.5 Å². The summed E-state index contributed by atoms with van der Waals surface area (Å²) < 4.78 is 22.2. The Morgan fingerprint density at radius 2 is 1.68 bits per heavy atom. The van der Waals surface area contributed by atoms with Crippen molar-refractivity contribution in [3.63, 3.8) is 0 Å². The van der Waals surface area contributed by atoms with Gasteiger partial charge in [-0.2, -0.15) is 0 Å². The lowest BCUT2D eigenvalue weighted by atomic mass is 10.2. The lowest BCUT2D eigenvalue weighted by molar-refractivity contribution is 0.239. The van der Waals surface area contributed by atoms with Crippen molar-refractivity contribution in [1.82, 2.24) is 5.16 Å². The van der Waals surface area contributed by atoms with Gasteiger partial charge in [-0.05, 0) is 67.1 Å².